The molecule has 0 aliphatic carbocycles. The summed E-state index contributed by atoms with van der Waals surface area (Å²) in [5, 5.41) is 3.12. The molecule has 0 amide bonds. The van der Waals surface area contributed by atoms with Gasteiger partial charge in [0.1, 0.15) is 17.5 Å². The second-order valence-corrected chi connectivity index (χ2v) is 6.23. The number of rotatable bonds is 9. The average Bonchev–Trinajstić information content (AvgIpc) is 2.37. The lowest BCUT2D eigenvalue weighted by atomic mass is 10.3. The van der Waals surface area contributed by atoms with E-state index in [1.54, 1.807) is 6.07 Å². The molecule has 1 heterocycles. The summed E-state index contributed by atoms with van der Waals surface area (Å²) in [5.41, 5.74) is 2.50. The lowest BCUT2D eigenvalue weighted by Gasteiger charge is -2.09. The van der Waals surface area contributed by atoms with Gasteiger partial charge in [-0.2, -0.15) is 0 Å². The number of nitrogen functional groups attached to an aromatic ring is 1. The van der Waals surface area contributed by atoms with Gasteiger partial charge in [0.2, 0.25) is 10.0 Å². The molecule has 0 unspecified atom stereocenters. The molecule has 0 aromatic carbocycles. The summed E-state index contributed by atoms with van der Waals surface area (Å²) >= 11 is 0. The summed E-state index contributed by atoms with van der Waals surface area (Å²) < 4.78 is 24.2. The quantitative estimate of drug-likeness (QED) is 0.289. The SMILES string of the molecule is CCCc1nc(NN)cc(NCCCNS(C)(=O)=O)n1. The molecule has 1 aromatic rings. The monoisotopic (exact) mass is 302 g/mol. The average molecular weight is 302 g/mol. The molecule has 20 heavy (non-hydrogen) atoms. The van der Waals surface area contributed by atoms with Crippen molar-refractivity contribution in [2.24, 2.45) is 5.84 Å². The van der Waals surface area contributed by atoms with Crippen molar-refractivity contribution in [2.75, 3.05) is 30.1 Å². The molecular formula is C11H22N6O2S. The number of hydrogen-bond donors (Lipinski definition) is 4. The first-order chi connectivity index (χ1) is 9.44. The highest BCUT2D eigenvalue weighted by molar-refractivity contribution is 7.88. The number of nitrogens with zero attached hydrogens (tertiary/aromatic N) is 2. The van der Waals surface area contributed by atoms with Crippen LogP contribution in [0.2, 0.25) is 0 Å². The number of anilines is 2. The smallest absolute Gasteiger partial charge is 0.208 e. The molecule has 0 aliphatic heterocycles. The summed E-state index contributed by atoms with van der Waals surface area (Å²) in [6.45, 7) is 3.05. The summed E-state index contributed by atoms with van der Waals surface area (Å²) in [6.07, 6.45) is 3.53. The van der Waals surface area contributed by atoms with E-state index in [1.807, 2.05) is 0 Å². The van der Waals surface area contributed by atoms with Crippen LogP contribution in [0.5, 0.6) is 0 Å². The Bertz CT molecular complexity index is 520. The van der Waals surface area contributed by atoms with Crippen LogP contribution in [0.15, 0.2) is 6.07 Å². The van der Waals surface area contributed by atoms with Crippen LogP contribution in [0.4, 0.5) is 11.6 Å². The van der Waals surface area contributed by atoms with Gasteiger partial charge in [0.25, 0.3) is 0 Å². The zero-order chi connectivity index (χ0) is 15.0. The third-order valence-corrected chi connectivity index (χ3v) is 3.15. The fourth-order valence-electron chi connectivity index (χ4n) is 1.56. The zero-order valence-corrected chi connectivity index (χ0v) is 12.6. The molecule has 0 saturated carbocycles. The fraction of sp³-hybridized carbons (Fsp3) is 0.636. The van der Waals surface area contributed by atoms with Crippen LogP contribution >= 0.6 is 0 Å². The lowest BCUT2D eigenvalue weighted by molar-refractivity contribution is 0.586. The Morgan fingerprint density at radius 3 is 2.55 bits per heavy atom. The van der Waals surface area contributed by atoms with Gasteiger partial charge in [0.15, 0.2) is 0 Å². The van der Waals surface area contributed by atoms with E-state index in [4.69, 9.17) is 5.84 Å². The van der Waals surface area contributed by atoms with Gasteiger partial charge in [0.05, 0.1) is 6.26 Å². The largest absolute Gasteiger partial charge is 0.370 e. The van der Waals surface area contributed by atoms with Crippen LogP contribution in [-0.4, -0.2) is 37.7 Å². The molecule has 9 heteroatoms. The van der Waals surface area contributed by atoms with Crippen LogP contribution in [0.3, 0.4) is 0 Å². The van der Waals surface area contributed by atoms with E-state index in [1.165, 1.54) is 0 Å². The molecule has 0 bridgehead atoms. The molecule has 114 valence electrons. The maximum Gasteiger partial charge on any atom is 0.208 e. The summed E-state index contributed by atoms with van der Waals surface area (Å²) in [4.78, 5) is 8.60. The lowest BCUT2D eigenvalue weighted by Crippen LogP contribution is -2.24. The molecule has 0 saturated heterocycles. The minimum Gasteiger partial charge on any atom is -0.370 e. The Morgan fingerprint density at radius 1 is 1.25 bits per heavy atom. The molecule has 0 radical (unpaired) electrons. The van der Waals surface area contributed by atoms with Crippen LogP contribution in [0.1, 0.15) is 25.6 Å². The van der Waals surface area contributed by atoms with Crippen molar-refractivity contribution in [3.63, 3.8) is 0 Å². The molecule has 1 rings (SSSR count). The first kappa shape index (κ1) is 16.6. The van der Waals surface area contributed by atoms with Gasteiger partial charge in [-0.1, -0.05) is 6.92 Å². The van der Waals surface area contributed by atoms with Crippen LogP contribution in [0, 0.1) is 0 Å². The molecule has 1 aromatic heterocycles. The predicted octanol–water partition coefficient (Wildman–Crippen LogP) is 0.0659. The number of hydrogen-bond acceptors (Lipinski definition) is 7. The van der Waals surface area contributed by atoms with E-state index in [9.17, 15) is 8.42 Å². The van der Waals surface area contributed by atoms with E-state index in [0.717, 1.165) is 24.9 Å². The molecule has 0 aliphatic rings. The fourth-order valence-corrected chi connectivity index (χ4v) is 2.07. The summed E-state index contributed by atoms with van der Waals surface area (Å²) in [7, 11) is -3.12. The second kappa shape index (κ2) is 7.98. The standard InChI is InChI=1S/C11H22N6O2S/c1-3-5-9-15-10(8-11(16-9)17-12)13-6-4-7-14-20(2,18)19/h8,14H,3-7,12H2,1-2H3,(H2,13,15,16,17). The Hall–Kier alpha value is -1.45. The van der Waals surface area contributed by atoms with E-state index in [0.29, 0.717) is 31.1 Å². The zero-order valence-electron chi connectivity index (χ0n) is 11.8. The number of nitrogens with one attached hydrogen (secondary N) is 3. The van der Waals surface area contributed by atoms with Gasteiger partial charge in [-0.3, -0.25) is 0 Å². The Labute approximate surface area is 119 Å². The molecule has 0 fully saturated rings. The third kappa shape index (κ3) is 6.64. The number of aryl methyl sites for hydroxylation is 1. The number of sulfonamides is 1. The molecule has 8 nitrogen and oxygen atoms in total. The van der Waals surface area contributed by atoms with E-state index < -0.39 is 10.0 Å². The van der Waals surface area contributed by atoms with E-state index in [2.05, 4.69) is 32.4 Å². The Balaban J connectivity index is 2.48. The topological polar surface area (TPSA) is 122 Å². The van der Waals surface area contributed by atoms with Crippen molar-refractivity contribution in [1.29, 1.82) is 0 Å². The maximum atomic E-state index is 10.9. The molecule has 0 spiro atoms. The molecule has 0 atom stereocenters. The number of nitrogens with two attached hydrogens (primary N) is 1. The van der Waals surface area contributed by atoms with Gasteiger partial charge in [0, 0.05) is 25.6 Å². The van der Waals surface area contributed by atoms with Crippen molar-refractivity contribution in [3.05, 3.63) is 11.9 Å². The van der Waals surface area contributed by atoms with Crippen molar-refractivity contribution < 1.29 is 8.42 Å². The van der Waals surface area contributed by atoms with Crippen molar-refractivity contribution in [3.8, 4) is 0 Å². The second-order valence-electron chi connectivity index (χ2n) is 4.40. The molecule has 5 N–H and O–H groups in total. The van der Waals surface area contributed by atoms with Crippen molar-refractivity contribution in [2.45, 2.75) is 26.2 Å². The van der Waals surface area contributed by atoms with Gasteiger partial charge >= 0.3 is 0 Å². The first-order valence-electron chi connectivity index (χ1n) is 6.47. The maximum absolute atomic E-state index is 10.9. The van der Waals surface area contributed by atoms with Crippen molar-refractivity contribution >= 4 is 21.7 Å². The van der Waals surface area contributed by atoms with Gasteiger partial charge in [-0.25, -0.2) is 29.0 Å². The summed E-state index contributed by atoms with van der Waals surface area (Å²) in [6, 6.07) is 1.71. The van der Waals surface area contributed by atoms with Crippen LogP contribution in [0.25, 0.3) is 0 Å². The van der Waals surface area contributed by atoms with Gasteiger partial charge < -0.3 is 10.7 Å². The van der Waals surface area contributed by atoms with Gasteiger partial charge in [-0.15, -0.1) is 0 Å². The number of aromatic nitrogens is 2. The number of hydrazine groups is 1. The highest BCUT2D eigenvalue weighted by Crippen LogP contribution is 2.11. The normalized spacial score (nSPS) is 11.3. The van der Waals surface area contributed by atoms with Gasteiger partial charge in [-0.05, 0) is 12.8 Å². The predicted molar refractivity (Wildman–Crippen MR) is 79.8 cm³/mol. The minimum absolute atomic E-state index is 0.390. The Kier molecular flexibility index (Phi) is 6.62. The van der Waals surface area contributed by atoms with E-state index in [-0.39, 0.29) is 0 Å². The van der Waals surface area contributed by atoms with Crippen LogP contribution in [-0.2, 0) is 16.4 Å². The third-order valence-electron chi connectivity index (χ3n) is 2.42. The first-order valence-corrected chi connectivity index (χ1v) is 8.37. The minimum atomic E-state index is -3.12. The summed E-state index contributed by atoms with van der Waals surface area (Å²) in [5.74, 6) is 7.32. The highest BCUT2D eigenvalue weighted by atomic mass is 32.2. The van der Waals surface area contributed by atoms with Crippen LogP contribution < -0.4 is 21.3 Å². The van der Waals surface area contributed by atoms with E-state index >= 15 is 0 Å². The van der Waals surface area contributed by atoms with Crippen molar-refractivity contribution in [1.82, 2.24) is 14.7 Å². The Morgan fingerprint density at radius 2 is 1.95 bits per heavy atom. The molecular weight excluding hydrogens is 280 g/mol. The highest BCUT2D eigenvalue weighted by Gasteiger charge is 2.03.